The Morgan fingerprint density at radius 3 is 2.59 bits per heavy atom. The summed E-state index contributed by atoms with van der Waals surface area (Å²) in [6.45, 7) is 4.73. The average Bonchev–Trinajstić information content (AvgIpc) is 3.03. The molecule has 0 bridgehead atoms. The molecule has 0 aliphatic heterocycles. The van der Waals surface area contributed by atoms with E-state index in [9.17, 15) is 4.79 Å². The van der Waals surface area contributed by atoms with Crippen LogP contribution in [0, 0.1) is 10.9 Å². The normalized spacial score (nSPS) is 11.1. The molecule has 0 spiro atoms. The van der Waals surface area contributed by atoms with Gasteiger partial charge in [-0.15, -0.1) is 0 Å². The monoisotopic (exact) mass is 443 g/mol. The SMILES string of the molecule is CCOc1ccc(-n2c(=S)sc3c(=O)n(Cc4ccccc4Cl)c(C)nc32)cc1. The summed E-state index contributed by atoms with van der Waals surface area (Å²) >= 11 is 13.1. The van der Waals surface area contributed by atoms with Crippen LogP contribution < -0.4 is 10.3 Å². The van der Waals surface area contributed by atoms with Crippen LogP contribution >= 0.6 is 35.2 Å². The molecule has 0 aliphatic carbocycles. The Morgan fingerprint density at radius 2 is 1.90 bits per heavy atom. The van der Waals surface area contributed by atoms with Crippen LogP contribution in [0.3, 0.4) is 0 Å². The van der Waals surface area contributed by atoms with Gasteiger partial charge in [-0.1, -0.05) is 41.1 Å². The molecule has 0 amide bonds. The van der Waals surface area contributed by atoms with E-state index in [1.54, 1.807) is 4.57 Å². The van der Waals surface area contributed by atoms with Crippen molar-refractivity contribution in [2.75, 3.05) is 6.61 Å². The summed E-state index contributed by atoms with van der Waals surface area (Å²) in [5, 5.41) is 0.624. The van der Waals surface area contributed by atoms with Gasteiger partial charge in [-0.2, -0.15) is 0 Å². The highest BCUT2D eigenvalue weighted by Gasteiger charge is 2.16. The average molecular weight is 444 g/mol. The van der Waals surface area contributed by atoms with Crippen LogP contribution in [0.4, 0.5) is 0 Å². The van der Waals surface area contributed by atoms with E-state index < -0.39 is 0 Å². The zero-order chi connectivity index (χ0) is 20.5. The number of thiazole rings is 1. The number of fused-ring (bicyclic) bond motifs is 1. The summed E-state index contributed by atoms with van der Waals surface area (Å²) < 4.78 is 10.1. The molecule has 0 atom stereocenters. The van der Waals surface area contributed by atoms with Crippen LogP contribution in [0.1, 0.15) is 18.3 Å². The molecule has 0 radical (unpaired) electrons. The van der Waals surface area contributed by atoms with Crippen molar-refractivity contribution in [3.05, 3.63) is 79.2 Å². The summed E-state index contributed by atoms with van der Waals surface area (Å²) in [5.41, 5.74) is 2.17. The fraction of sp³-hybridized carbons (Fsp3) is 0.190. The Morgan fingerprint density at radius 1 is 1.17 bits per heavy atom. The number of hydrogen-bond donors (Lipinski definition) is 0. The predicted molar refractivity (Wildman–Crippen MR) is 121 cm³/mol. The molecule has 2 aromatic heterocycles. The molecule has 0 unspecified atom stereocenters. The fourth-order valence-electron chi connectivity index (χ4n) is 3.16. The minimum absolute atomic E-state index is 0.117. The predicted octanol–water partition coefficient (Wildman–Crippen LogP) is 5.39. The second-order valence-electron chi connectivity index (χ2n) is 6.42. The maximum absolute atomic E-state index is 13.2. The molecular weight excluding hydrogens is 426 g/mol. The van der Waals surface area contributed by atoms with E-state index in [1.165, 1.54) is 11.3 Å². The highest BCUT2D eigenvalue weighted by atomic mass is 35.5. The number of aromatic nitrogens is 3. The molecule has 2 aromatic carbocycles. The molecule has 4 rings (SSSR count). The highest BCUT2D eigenvalue weighted by Crippen LogP contribution is 2.25. The first-order valence-corrected chi connectivity index (χ1v) is 10.7. The Labute approximate surface area is 181 Å². The third-order valence-electron chi connectivity index (χ3n) is 4.58. The van der Waals surface area contributed by atoms with Crippen molar-refractivity contribution in [3.8, 4) is 11.4 Å². The van der Waals surface area contributed by atoms with Crippen LogP contribution in [-0.2, 0) is 6.54 Å². The number of rotatable bonds is 5. The van der Waals surface area contributed by atoms with Crippen LogP contribution in [-0.4, -0.2) is 20.7 Å². The topological polar surface area (TPSA) is 49.0 Å². The second-order valence-corrected chi connectivity index (χ2v) is 8.48. The van der Waals surface area contributed by atoms with E-state index in [4.69, 9.17) is 33.5 Å². The zero-order valence-corrected chi connectivity index (χ0v) is 18.3. The minimum Gasteiger partial charge on any atom is -0.494 e. The lowest BCUT2D eigenvalue weighted by Crippen LogP contribution is -2.24. The molecular formula is C21H18ClN3O2S2. The lowest BCUT2D eigenvalue weighted by Gasteiger charge is -2.12. The van der Waals surface area contributed by atoms with E-state index in [0.717, 1.165) is 17.0 Å². The van der Waals surface area contributed by atoms with E-state index >= 15 is 0 Å². The van der Waals surface area contributed by atoms with Crippen molar-refractivity contribution >= 4 is 45.5 Å². The molecule has 0 fully saturated rings. The maximum atomic E-state index is 13.2. The molecule has 8 heteroatoms. The first-order valence-electron chi connectivity index (χ1n) is 9.09. The van der Waals surface area contributed by atoms with Gasteiger partial charge in [-0.3, -0.25) is 13.9 Å². The summed E-state index contributed by atoms with van der Waals surface area (Å²) in [4.78, 5) is 17.9. The van der Waals surface area contributed by atoms with Crippen molar-refractivity contribution in [1.29, 1.82) is 0 Å². The molecule has 5 nitrogen and oxygen atoms in total. The van der Waals surface area contributed by atoms with E-state index in [1.807, 2.05) is 66.9 Å². The van der Waals surface area contributed by atoms with Crippen molar-refractivity contribution in [3.63, 3.8) is 0 Å². The first-order chi connectivity index (χ1) is 14.0. The molecule has 0 N–H and O–H groups in total. The summed E-state index contributed by atoms with van der Waals surface area (Å²) in [7, 11) is 0. The van der Waals surface area contributed by atoms with Crippen molar-refractivity contribution in [2.45, 2.75) is 20.4 Å². The van der Waals surface area contributed by atoms with Gasteiger partial charge >= 0.3 is 0 Å². The molecule has 2 heterocycles. The Bertz CT molecular complexity index is 1310. The molecule has 29 heavy (non-hydrogen) atoms. The number of nitrogens with zero attached hydrogens (tertiary/aromatic N) is 3. The quantitative estimate of drug-likeness (QED) is 0.388. The molecule has 0 aliphatic rings. The smallest absolute Gasteiger partial charge is 0.273 e. The van der Waals surface area contributed by atoms with Crippen LogP contribution in [0.25, 0.3) is 16.0 Å². The largest absolute Gasteiger partial charge is 0.494 e. The van der Waals surface area contributed by atoms with Gasteiger partial charge < -0.3 is 4.74 Å². The third-order valence-corrected chi connectivity index (χ3v) is 6.30. The number of ether oxygens (including phenoxy) is 1. The van der Waals surface area contributed by atoms with Crippen LogP contribution in [0.5, 0.6) is 5.75 Å². The maximum Gasteiger partial charge on any atom is 0.273 e. The summed E-state index contributed by atoms with van der Waals surface area (Å²) in [6, 6.07) is 15.1. The number of aryl methyl sites for hydroxylation is 1. The van der Waals surface area contributed by atoms with Crippen molar-refractivity contribution < 1.29 is 4.74 Å². The third kappa shape index (κ3) is 3.73. The Hall–Kier alpha value is -2.48. The van der Waals surface area contributed by atoms with Gasteiger partial charge in [0.15, 0.2) is 9.60 Å². The first kappa shape index (κ1) is 19.8. The number of hydrogen-bond acceptors (Lipinski definition) is 5. The van der Waals surface area contributed by atoms with E-state index in [0.29, 0.717) is 38.3 Å². The van der Waals surface area contributed by atoms with Gasteiger partial charge in [0.1, 0.15) is 16.3 Å². The molecule has 0 saturated heterocycles. The van der Waals surface area contributed by atoms with Crippen LogP contribution in [0.2, 0.25) is 5.02 Å². The molecule has 148 valence electrons. The van der Waals surface area contributed by atoms with Gasteiger partial charge in [0, 0.05) is 10.7 Å². The van der Waals surface area contributed by atoms with Gasteiger partial charge in [0.05, 0.1) is 13.2 Å². The lowest BCUT2D eigenvalue weighted by molar-refractivity contribution is 0.340. The summed E-state index contributed by atoms with van der Waals surface area (Å²) in [6.07, 6.45) is 0. The molecule has 4 aromatic rings. The Kier molecular flexibility index (Phi) is 5.54. The zero-order valence-electron chi connectivity index (χ0n) is 15.9. The number of benzene rings is 2. The Balaban J connectivity index is 1.84. The van der Waals surface area contributed by atoms with Gasteiger partial charge in [0.2, 0.25) is 0 Å². The van der Waals surface area contributed by atoms with Gasteiger partial charge in [-0.05, 0) is 62.0 Å². The van der Waals surface area contributed by atoms with Crippen molar-refractivity contribution in [2.24, 2.45) is 0 Å². The van der Waals surface area contributed by atoms with Crippen LogP contribution in [0.15, 0.2) is 53.3 Å². The van der Waals surface area contributed by atoms with E-state index in [2.05, 4.69) is 0 Å². The number of halogens is 1. The minimum atomic E-state index is -0.117. The van der Waals surface area contributed by atoms with Gasteiger partial charge in [-0.25, -0.2) is 4.98 Å². The van der Waals surface area contributed by atoms with Gasteiger partial charge in [0.25, 0.3) is 5.56 Å². The van der Waals surface area contributed by atoms with Crippen molar-refractivity contribution in [1.82, 2.24) is 14.1 Å². The molecule has 0 saturated carbocycles. The summed E-state index contributed by atoms with van der Waals surface area (Å²) in [5.74, 6) is 1.39. The second kappa shape index (κ2) is 8.10. The fourth-order valence-corrected chi connectivity index (χ4v) is 4.68. The standard InChI is InChI=1S/C21H18ClN3O2S2/c1-3-27-16-10-8-15(9-11-16)25-19-18(29-21(25)28)20(26)24(13(2)23-19)12-14-6-4-5-7-17(14)22/h4-11H,3,12H2,1-2H3. The lowest BCUT2D eigenvalue weighted by atomic mass is 10.2. The van der Waals surface area contributed by atoms with E-state index in [-0.39, 0.29) is 5.56 Å². The highest BCUT2D eigenvalue weighted by molar-refractivity contribution is 7.73.